The van der Waals surface area contributed by atoms with Gasteiger partial charge in [0.1, 0.15) is 0 Å². The highest BCUT2D eigenvalue weighted by atomic mass is 35.5. The fourth-order valence-corrected chi connectivity index (χ4v) is 3.18. The van der Waals surface area contributed by atoms with Crippen LogP contribution < -0.4 is 5.32 Å². The summed E-state index contributed by atoms with van der Waals surface area (Å²) >= 11 is 6.08. The van der Waals surface area contributed by atoms with Gasteiger partial charge in [-0.25, -0.2) is 0 Å². The van der Waals surface area contributed by atoms with Gasteiger partial charge in [-0.1, -0.05) is 23.7 Å². The summed E-state index contributed by atoms with van der Waals surface area (Å²) in [6.07, 6.45) is 2.19. The summed E-state index contributed by atoms with van der Waals surface area (Å²) in [6.45, 7) is 1.79. The first kappa shape index (κ1) is 14.9. The fraction of sp³-hybridized carbons (Fsp3) is 0.375. The minimum absolute atomic E-state index is 0.0707. The molecule has 2 aromatic rings. The number of hydrogen-bond donors (Lipinski definition) is 2. The number of benzene rings is 1. The van der Waals surface area contributed by atoms with Crippen LogP contribution in [0.5, 0.6) is 0 Å². The van der Waals surface area contributed by atoms with Gasteiger partial charge in [0.2, 0.25) is 0 Å². The smallest absolute Gasteiger partial charge is 0.305 e. The van der Waals surface area contributed by atoms with Gasteiger partial charge in [0.05, 0.1) is 17.0 Å². The van der Waals surface area contributed by atoms with Gasteiger partial charge in [-0.15, -0.1) is 0 Å². The average Bonchev–Trinajstić information content (AvgIpc) is 2.75. The molecule has 0 saturated heterocycles. The Morgan fingerprint density at radius 3 is 2.68 bits per heavy atom. The van der Waals surface area contributed by atoms with Gasteiger partial charge in [-0.3, -0.25) is 9.59 Å². The van der Waals surface area contributed by atoms with Crippen LogP contribution in [0.2, 0.25) is 5.02 Å². The lowest BCUT2D eigenvalue weighted by Gasteiger charge is -2.41. The molecule has 116 valence electrons. The topological polar surface area (TPSA) is 79.5 Å². The largest absolute Gasteiger partial charge is 0.481 e. The van der Waals surface area contributed by atoms with E-state index in [2.05, 4.69) is 5.32 Å². The highest BCUT2D eigenvalue weighted by Gasteiger charge is 2.41. The van der Waals surface area contributed by atoms with E-state index in [-0.39, 0.29) is 18.1 Å². The number of nitrogens with one attached hydrogen (secondary N) is 1. The number of rotatable bonds is 4. The zero-order valence-corrected chi connectivity index (χ0v) is 12.9. The van der Waals surface area contributed by atoms with Crippen molar-refractivity contribution in [1.82, 2.24) is 5.32 Å². The third kappa shape index (κ3) is 2.46. The molecule has 1 heterocycles. The summed E-state index contributed by atoms with van der Waals surface area (Å²) in [5.74, 6) is -1.10. The number of amides is 1. The van der Waals surface area contributed by atoms with Crippen LogP contribution in [-0.4, -0.2) is 22.5 Å². The summed E-state index contributed by atoms with van der Waals surface area (Å²) < 4.78 is 5.62. The van der Waals surface area contributed by atoms with Crippen LogP contribution in [0.25, 0.3) is 11.0 Å². The van der Waals surface area contributed by atoms with E-state index in [1.54, 1.807) is 19.1 Å². The van der Waals surface area contributed by atoms with Crippen LogP contribution in [0.4, 0.5) is 0 Å². The van der Waals surface area contributed by atoms with Gasteiger partial charge in [0, 0.05) is 10.9 Å². The number of aliphatic carboxylic acids is 1. The van der Waals surface area contributed by atoms with Crippen molar-refractivity contribution in [3.05, 3.63) is 34.5 Å². The van der Waals surface area contributed by atoms with E-state index < -0.39 is 11.5 Å². The molecule has 0 bridgehead atoms. The van der Waals surface area contributed by atoms with Crippen molar-refractivity contribution in [2.24, 2.45) is 0 Å². The monoisotopic (exact) mass is 321 g/mol. The number of carbonyl (C=O) groups excluding carboxylic acids is 1. The minimum Gasteiger partial charge on any atom is -0.481 e. The highest BCUT2D eigenvalue weighted by molar-refractivity contribution is 6.35. The zero-order valence-electron chi connectivity index (χ0n) is 12.1. The van der Waals surface area contributed by atoms with Crippen molar-refractivity contribution in [2.75, 3.05) is 0 Å². The van der Waals surface area contributed by atoms with Crippen molar-refractivity contribution in [2.45, 2.75) is 38.1 Å². The molecule has 2 N–H and O–H groups in total. The number of fused-ring (bicyclic) bond motifs is 1. The van der Waals surface area contributed by atoms with Crippen LogP contribution in [-0.2, 0) is 4.79 Å². The standard InChI is InChI=1S/C16H16ClNO4/c1-9-10-4-2-5-11(17)14(10)22-13(9)15(21)18-16(6-3-7-16)8-12(19)20/h2,4-5H,3,6-8H2,1H3,(H,18,21)(H,19,20). The molecule has 22 heavy (non-hydrogen) atoms. The molecule has 0 aliphatic heterocycles. The lowest BCUT2D eigenvalue weighted by atomic mass is 9.74. The lowest BCUT2D eigenvalue weighted by molar-refractivity contribution is -0.139. The van der Waals surface area contributed by atoms with E-state index in [9.17, 15) is 9.59 Å². The Kier molecular flexibility index (Phi) is 3.60. The molecule has 5 nitrogen and oxygen atoms in total. The Hall–Kier alpha value is -2.01. The van der Waals surface area contributed by atoms with Gasteiger partial charge < -0.3 is 14.8 Å². The number of aryl methyl sites for hydroxylation is 1. The molecular weight excluding hydrogens is 306 g/mol. The number of carboxylic acids is 1. The van der Waals surface area contributed by atoms with E-state index >= 15 is 0 Å². The molecule has 1 saturated carbocycles. The van der Waals surface area contributed by atoms with Crippen molar-refractivity contribution >= 4 is 34.4 Å². The quantitative estimate of drug-likeness (QED) is 0.903. The van der Waals surface area contributed by atoms with Crippen molar-refractivity contribution in [3.8, 4) is 0 Å². The summed E-state index contributed by atoms with van der Waals surface area (Å²) in [5.41, 5.74) is 0.533. The second-order valence-corrected chi connectivity index (χ2v) is 6.24. The predicted octanol–water partition coefficient (Wildman–Crippen LogP) is 3.52. The summed E-state index contributed by atoms with van der Waals surface area (Å²) in [6, 6.07) is 5.34. The highest BCUT2D eigenvalue weighted by Crippen LogP contribution is 2.36. The second-order valence-electron chi connectivity index (χ2n) is 5.83. The average molecular weight is 322 g/mol. The lowest BCUT2D eigenvalue weighted by Crippen LogP contribution is -2.54. The molecule has 1 aliphatic carbocycles. The third-order valence-corrected chi connectivity index (χ3v) is 4.60. The predicted molar refractivity (Wildman–Crippen MR) is 82.3 cm³/mol. The summed E-state index contributed by atoms with van der Waals surface area (Å²) in [4.78, 5) is 23.5. The van der Waals surface area contributed by atoms with E-state index in [4.69, 9.17) is 21.1 Å². The molecule has 1 aliphatic rings. The number of carboxylic acid groups (broad SMARTS) is 1. The molecular formula is C16H16ClNO4. The van der Waals surface area contributed by atoms with Crippen molar-refractivity contribution < 1.29 is 19.1 Å². The van der Waals surface area contributed by atoms with Gasteiger partial charge in [0.25, 0.3) is 5.91 Å². The SMILES string of the molecule is Cc1c(C(=O)NC2(CC(=O)O)CCC2)oc2c(Cl)cccc12. The number of furan rings is 1. The van der Waals surface area contributed by atoms with Crippen LogP contribution in [0.15, 0.2) is 22.6 Å². The molecule has 0 atom stereocenters. The first-order chi connectivity index (χ1) is 10.4. The number of halogens is 1. The molecule has 1 aromatic carbocycles. The molecule has 1 fully saturated rings. The molecule has 0 unspecified atom stereocenters. The molecule has 6 heteroatoms. The normalized spacial score (nSPS) is 16.3. The van der Waals surface area contributed by atoms with Gasteiger partial charge >= 0.3 is 5.97 Å². The van der Waals surface area contributed by atoms with E-state index in [1.165, 1.54) is 0 Å². The second kappa shape index (κ2) is 5.32. The first-order valence-electron chi connectivity index (χ1n) is 7.14. The van der Waals surface area contributed by atoms with Gasteiger partial charge in [0.15, 0.2) is 11.3 Å². The van der Waals surface area contributed by atoms with Crippen LogP contribution >= 0.6 is 11.6 Å². The summed E-state index contributed by atoms with van der Waals surface area (Å²) in [7, 11) is 0. The van der Waals surface area contributed by atoms with Crippen molar-refractivity contribution in [1.29, 1.82) is 0 Å². The maximum absolute atomic E-state index is 12.5. The molecule has 3 rings (SSSR count). The van der Waals surface area contributed by atoms with Crippen LogP contribution in [0, 0.1) is 6.92 Å². The third-order valence-electron chi connectivity index (χ3n) is 4.30. The maximum atomic E-state index is 12.5. The summed E-state index contributed by atoms with van der Waals surface area (Å²) in [5, 5.41) is 13.1. The molecule has 0 spiro atoms. The van der Waals surface area contributed by atoms with E-state index in [0.717, 1.165) is 11.8 Å². The Bertz CT molecular complexity index is 761. The van der Waals surface area contributed by atoms with Gasteiger partial charge in [-0.05, 0) is 32.3 Å². The van der Waals surface area contributed by atoms with Crippen LogP contribution in [0.3, 0.4) is 0 Å². The molecule has 1 amide bonds. The fourth-order valence-electron chi connectivity index (χ4n) is 2.96. The van der Waals surface area contributed by atoms with Crippen LogP contribution in [0.1, 0.15) is 41.8 Å². The first-order valence-corrected chi connectivity index (χ1v) is 7.52. The number of carbonyl (C=O) groups is 2. The Morgan fingerprint density at radius 2 is 2.14 bits per heavy atom. The Labute approximate surface area is 132 Å². The molecule has 0 radical (unpaired) electrons. The van der Waals surface area contributed by atoms with Crippen molar-refractivity contribution in [3.63, 3.8) is 0 Å². The zero-order chi connectivity index (χ0) is 15.9. The maximum Gasteiger partial charge on any atom is 0.305 e. The van der Waals surface area contributed by atoms with E-state index in [0.29, 0.717) is 29.0 Å². The number of hydrogen-bond acceptors (Lipinski definition) is 3. The Morgan fingerprint density at radius 1 is 1.41 bits per heavy atom. The molecule has 1 aromatic heterocycles. The minimum atomic E-state index is -0.913. The van der Waals surface area contributed by atoms with E-state index in [1.807, 2.05) is 6.07 Å². The number of para-hydroxylation sites is 1. The van der Waals surface area contributed by atoms with Gasteiger partial charge in [-0.2, -0.15) is 0 Å². The Balaban J connectivity index is 1.91.